The third kappa shape index (κ3) is 5.46. The van der Waals surface area contributed by atoms with Crippen LogP contribution in [-0.2, 0) is 10.8 Å². The molecule has 0 saturated carbocycles. The maximum absolute atomic E-state index is 6.38. The molecule has 12 aromatic rings. The van der Waals surface area contributed by atoms with E-state index in [-0.39, 0.29) is 10.8 Å². The van der Waals surface area contributed by atoms with Crippen molar-refractivity contribution in [3.05, 3.63) is 235 Å². The standard InChI is InChI=1S/C66H47NO/c1-65(2)57-22-12-9-18-49(57)51-32-30-43(38-59(51)65)67(44-31-33-52-50-19-10-13-23-58(50)66(3,4)60(52)39-44)42-28-25-40(26-29-42)45-34-35-55-48-17-6-5-15-46(48)47-16-7-8-21-54(47)64(55)63(45)41-27-36-62-56(37-41)53-20-11-14-24-61(53)68-62/h5-39H,1-4H3. The fourth-order valence-corrected chi connectivity index (χ4v) is 12.3. The van der Waals surface area contributed by atoms with Gasteiger partial charge in [0, 0.05) is 38.7 Å². The first kappa shape index (κ1) is 39.0. The predicted octanol–water partition coefficient (Wildman–Crippen LogP) is 18.5. The van der Waals surface area contributed by atoms with Gasteiger partial charge in [0.1, 0.15) is 11.2 Å². The van der Waals surface area contributed by atoms with Gasteiger partial charge in [-0.2, -0.15) is 0 Å². The lowest BCUT2D eigenvalue weighted by molar-refractivity contribution is 0.660. The summed E-state index contributed by atoms with van der Waals surface area (Å²) in [5, 5.41) is 9.81. The number of anilines is 3. The molecule has 1 aromatic heterocycles. The fraction of sp³-hybridized carbons (Fsp3) is 0.0909. The van der Waals surface area contributed by atoms with Crippen molar-refractivity contribution >= 4 is 71.3 Å². The molecule has 0 spiro atoms. The molecule has 0 unspecified atom stereocenters. The summed E-state index contributed by atoms with van der Waals surface area (Å²) in [7, 11) is 0. The number of hydrogen-bond donors (Lipinski definition) is 0. The van der Waals surface area contributed by atoms with Gasteiger partial charge in [-0.05, 0) is 154 Å². The third-order valence-corrected chi connectivity index (χ3v) is 15.7. The van der Waals surface area contributed by atoms with Crippen molar-refractivity contribution in [2.24, 2.45) is 0 Å². The minimum Gasteiger partial charge on any atom is -0.456 e. The summed E-state index contributed by atoms with van der Waals surface area (Å²) in [6, 6.07) is 79.0. The minimum atomic E-state index is -0.132. The van der Waals surface area contributed by atoms with Crippen LogP contribution >= 0.6 is 0 Å². The van der Waals surface area contributed by atoms with Crippen LogP contribution < -0.4 is 4.90 Å². The van der Waals surface area contributed by atoms with E-state index < -0.39 is 0 Å². The molecule has 2 heteroatoms. The first-order valence-corrected chi connectivity index (χ1v) is 23.9. The third-order valence-electron chi connectivity index (χ3n) is 15.7. The zero-order valence-electron chi connectivity index (χ0n) is 38.6. The van der Waals surface area contributed by atoms with E-state index in [0.29, 0.717) is 0 Å². The lowest BCUT2D eigenvalue weighted by Gasteiger charge is -2.30. The van der Waals surface area contributed by atoms with Crippen LogP contribution in [0.25, 0.3) is 98.8 Å². The minimum absolute atomic E-state index is 0.132. The van der Waals surface area contributed by atoms with Crippen LogP contribution in [0.1, 0.15) is 49.9 Å². The van der Waals surface area contributed by atoms with Crippen LogP contribution in [0.15, 0.2) is 217 Å². The highest BCUT2D eigenvalue weighted by molar-refractivity contribution is 6.30. The Morgan fingerprint density at radius 2 is 0.750 bits per heavy atom. The summed E-state index contributed by atoms with van der Waals surface area (Å²) >= 11 is 0. The van der Waals surface area contributed by atoms with Crippen molar-refractivity contribution in [2.75, 3.05) is 4.90 Å². The Kier molecular flexibility index (Phi) is 8.12. The van der Waals surface area contributed by atoms with E-state index >= 15 is 0 Å². The van der Waals surface area contributed by atoms with Crippen LogP contribution in [0.5, 0.6) is 0 Å². The second-order valence-corrected chi connectivity index (χ2v) is 20.0. The molecule has 0 bridgehead atoms. The van der Waals surface area contributed by atoms with Gasteiger partial charge in [-0.15, -0.1) is 0 Å². The Bertz CT molecular complexity index is 3950. The Balaban J connectivity index is 0.982. The van der Waals surface area contributed by atoms with Crippen LogP contribution in [0, 0.1) is 0 Å². The molecular formula is C66H47NO. The van der Waals surface area contributed by atoms with Crippen molar-refractivity contribution in [1.29, 1.82) is 0 Å². The summed E-state index contributed by atoms with van der Waals surface area (Å²) in [6.07, 6.45) is 0. The smallest absolute Gasteiger partial charge is 0.135 e. The van der Waals surface area contributed by atoms with Crippen LogP contribution in [0.2, 0.25) is 0 Å². The Hall–Kier alpha value is -8.20. The number of para-hydroxylation sites is 1. The normalized spacial score (nSPS) is 14.1. The van der Waals surface area contributed by atoms with Gasteiger partial charge >= 0.3 is 0 Å². The molecule has 0 atom stereocenters. The Labute approximate surface area is 396 Å². The van der Waals surface area contributed by atoms with Crippen LogP contribution in [0.4, 0.5) is 17.1 Å². The molecule has 0 N–H and O–H groups in total. The lowest BCUT2D eigenvalue weighted by atomic mass is 9.82. The van der Waals surface area contributed by atoms with E-state index in [1.165, 1.54) is 93.5 Å². The van der Waals surface area contributed by atoms with Gasteiger partial charge in [-0.25, -0.2) is 0 Å². The summed E-state index contributed by atoms with van der Waals surface area (Å²) in [5.41, 5.74) is 20.5. The molecule has 0 fully saturated rings. The molecule has 0 amide bonds. The summed E-state index contributed by atoms with van der Waals surface area (Å²) in [4.78, 5) is 2.47. The molecule has 1 heterocycles. The van der Waals surface area contributed by atoms with E-state index in [1.807, 2.05) is 6.07 Å². The lowest BCUT2D eigenvalue weighted by Crippen LogP contribution is -2.18. The van der Waals surface area contributed by atoms with E-state index in [1.54, 1.807) is 0 Å². The summed E-state index contributed by atoms with van der Waals surface area (Å²) in [6.45, 7) is 9.48. The van der Waals surface area contributed by atoms with Crippen LogP contribution in [0.3, 0.4) is 0 Å². The van der Waals surface area contributed by atoms with Gasteiger partial charge in [0.05, 0.1) is 0 Å². The van der Waals surface area contributed by atoms with Gasteiger partial charge in [0.2, 0.25) is 0 Å². The average molecular weight is 870 g/mol. The average Bonchev–Trinajstić information content (AvgIpc) is 3.95. The fourth-order valence-electron chi connectivity index (χ4n) is 12.3. The number of nitrogens with zero attached hydrogens (tertiary/aromatic N) is 1. The second kappa shape index (κ2) is 14.2. The molecule has 14 rings (SSSR count). The van der Waals surface area contributed by atoms with Gasteiger partial charge < -0.3 is 9.32 Å². The number of furan rings is 1. The first-order valence-electron chi connectivity index (χ1n) is 23.9. The number of rotatable bonds is 5. The maximum atomic E-state index is 6.38. The number of hydrogen-bond acceptors (Lipinski definition) is 2. The second-order valence-electron chi connectivity index (χ2n) is 20.0. The maximum Gasteiger partial charge on any atom is 0.135 e. The molecule has 0 saturated heterocycles. The first-order chi connectivity index (χ1) is 33.2. The molecule has 0 aliphatic heterocycles. The zero-order valence-corrected chi connectivity index (χ0v) is 38.6. The van der Waals surface area contributed by atoms with E-state index in [0.717, 1.165) is 44.6 Å². The number of fused-ring (bicyclic) bond motifs is 15. The van der Waals surface area contributed by atoms with Crippen molar-refractivity contribution in [1.82, 2.24) is 0 Å². The van der Waals surface area contributed by atoms with Crippen molar-refractivity contribution < 1.29 is 4.42 Å². The largest absolute Gasteiger partial charge is 0.456 e. The number of benzene rings is 11. The quantitative estimate of drug-likeness (QED) is 0.160. The SMILES string of the molecule is CC1(C)c2ccccc2-c2ccc(N(c3ccc(-c4ccc5c6ccccc6c6ccccc6c5c4-c4ccc5oc6ccccc6c5c4)cc3)c3ccc4c(c3)C(C)(C)c3ccccc3-4)cc21. The molecule has 11 aromatic carbocycles. The highest BCUT2D eigenvalue weighted by Gasteiger charge is 2.38. The van der Waals surface area contributed by atoms with Gasteiger partial charge in [0.25, 0.3) is 0 Å². The summed E-state index contributed by atoms with van der Waals surface area (Å²) in [5.74, 6) is 0. The van der Waals surface area contributed by atoms with E-state index in [2.05, 4.69) is 239 Å². The molecule has 322 valence electrons. The van der Waals surface area contributed by atoms with Gasteiger partial charge in [0.15, 0.2) is 0 Å². The van der Waals surface area contributed by atoms with E-state index in [4.69, 9.17) is 4.42 Å². The molecule has 2 aliphatic carbocycles. The highest BCUT2D eigenvalue weighted by atomic mass is 16.3. The molecule has 68 heavy (non-hydrogen) atoms. The van der Waals surface area contributed by atoms with Crippen molar-refractivity contribution in [2.45, 2.75) is 38.5 Å². The van der Waals surface area contributed by atoms with Gasteiger partial charge in [-0.3, -0.25) is 0 Å². The molecular weight excluding hydrogens is 823 g/mol. The topological polar surface area (TPSA) is 16.4 Å². The van der Waals surface area contributed by atoms with Crippen molar-refractivity contribution in [3.8, 4) is 44.5 Å². The summed E-state index contributed by atoms with van der Waals surface area (Å²) < 4.78 is 6.38. The Morgan fingerprint density at radius 1 is 0.309 bits per heavy atom. The molecule has 2 aliphatic rings. The van der Waals surface area contributed by atoms with E-state index in [9.17, 15) is 0 Å². The van der Waals surface area contributed by atoms with Crippen LogP contribution in [-0.4, -0.2) is 0 Å². The highest BCUT2D eigenvalue weighted by Crippen LogP contribution is 2.54. The monoisotopic (exact) mass is 869 g/mol. The van der Waals surface area contributed by atoms with Crippen molar-refractivity contribution in [3.63, 3.8) is 0 Å². The Morgan fingerprint density at radius 3 is 1.37 bits per heavy atom. The van der Waals surface area contributed by atoms with Gasteiger partial charge in [-0.1, -0.05) is 185 Å². The zero-order chi connectivity index (χ0) is 45.5. The molecule has 0 radical (unpaired) electrons. The molecule has 2 nitrogen and oxygen atoms in total. The predicted molar refractivity (Wildman–Crippen MR) is 287 cm³/mol.